The third-order valence-electron chi connectivity index (χ3n) is 5.80. The second kappa shape index (κ2) is 10.8. The molecular formula is C27H25BrN2O7. The van der Waals surface area contributed by atoms with Crippen molar-refractivity contribution in [2.45, 2.75) is 0 Å². The van der Waals surface area contributed by atoms with Crippen molar-refractivity contribution in [3.63, 3.8) is 0 Å². The van der Waals surface area contributed by atoms with Crippen molar-refractivity contribution in [1.82, 2.24) is 4.68 Å². The monoisotopic (exact) mass is 568 g/mol. The quantitative estimate of drug-likeness (QED) is 0.292. The summed E-state index contributed by atoms with van der Waals surface area (Å²) >= 11 is 3.53. The summed E-state index contributed by atoms with van der Waals surface area (Å²) in [6.45, 7) is 0. The third kappa shape index (κ3) is 4.67. The molecule has 1 N–H and O–H groups in total. The van der Waals surface area contributed by atoms with Gasteiger partial charge in [-0.25, -0.2) is 9.47 Å². The molecule has 0 atom stereocenters. The van der Waals surface area contributed by atoms with Crippen molar-refractivity contribution in [2.75, 3.05) is 41.0 Å². The molecular weight excluding hydrogens is 544 g/mol. The number of carbonyl (C=O) groups is 1. The van der Waals surface area contributed by atoms with Crippen LogP contribution in [0, 0.1) is 0 Å². The van der Waals surface area contributed by atoms with Crippen molar-refractivity contribution in [2.24, 2.45) is 0 Å². The lowest BCUT2D eigenvalue weighted by Gasteiger charge is -2.21. The first kappa shape index (κ1) is 25.9. The Labute approximate surface area is 221 Å². The van der Waals surface area contributed by atoms with Crippen LogP contribution in [0.2, 0.25) is 0 Å². The summed E-state index contributed by atoms with van der Waals surface area (Å²) in [5.41, 5.74) is 4.11. The van der Waals surface area contributed by atoms with Gasteiger partial charge in [0.05, 0.1) is 51.1 Å². The molecule has 0 radical (unpaired) electrons. The van der Waals surface area contributed by atoms with Gasteiger partial charge in [-0.05, 0) is 57.9 Å². The van der Waals surface area contributed by atoms with Crippen molar-refractivity contribution in [3.8, 4) is 34.1 Å². The van der Waals surface area contributed by atoms with E-state index in [1.165, 1.54) is 40.2 Å². The van der Waals surface area contributed by atoms with Crippen LogP contribution in [-0.4, -0.2) is 46.2 Å². The first-order chi connectivity index (χ1) is 17.9. The number of methoxy groups -OCH3 is 5. The van der Waals surface area contributed by atoms with Gasteiger partial charge >= 0.3 is 5.97 Å². The topological polar surface area (TPSA) is 97.3 Å². The van der Waals surface area contributed by atoms with Gasteiger partial charge in [0.25, 0.3) is 5.56 Å². The van der Waals surface area contributed by atoms with Gasteiger partial charge in [-0.2, -0.15) is 0 Å². The molecule has 1 heterocycles. The Morgan fingerprint density at radius 2 is 1.43 bits per heavy atom. The Balaban J connectivity index is 2.21. The molecule has 0 saturated heterocycles. The van der Waals surface area contributed by atoms with Crippen LogP contribution in [0.25, 0.3) is 21.9 Å². The normalized spacial score (nSPS) is 10.6. The summed E-state index contributed by atoms with van der Waals surface area (Å²) in [4.78, 5) is 27.2. The second-order valence-electron chi connectivity index (χ2n) is 7.78. The van der Waals surface area contributed by atoms with Crippen LogP contribution in [0.3, 0.4) is 0 Å². The second-order valence-corrected chi connectivity index (χ2v) is 8.63. The Kier molecular flexibility index (Phi) is 7.58. The van der Waals surface area contributed by atoms with E-state index in [-0.39, 0.29) is 11.1 Å². The maximum atomic E-state index is 13.9. The van der Waals surface area contributed by atoms with E-state index in [1.807, 2.05) is 18.2 Å². The first-order valence-corrected chi connectivity index (χ1v) is 11.8. The summed E-state index contributed by atoms with van der Waals surface area (Å²) < 4.78 is 28.9. The smallest absolute Gasteiger partial charge is 0.357 e. The summed E-state index contributed by atoms with van der Waals surface area (Å²) in [7, 11) is 7.28. The fourth-order valence-electron chi connectivity index (χ4n) is 4.12. The summed E-state index contributed by atoms with van der Waals surface area (Å²) in [6, 6.07) is 15.8. The van der Waals surface area contributed by atoms with Crippen LogP contribution in [0.4, 0.5) is 5.69 Å². The predicted octanol–water partition coefficient (Wildman–Crippen LogP) is 5.13. The molecule has 0 bridgehead atoms. The van der Waals surface area contributed by atoms with E-state index < -0.39 is 11.5 Å². The number of anilines is 1. The van der Waals surface area contributed by atoms with Crippen LogP contribution in [0.15, 0.2) is 63.9 Å². The maximum absolute atomic E-state index is 13.9. The van der Waals surface area contributed by atoms with E-state index in [1.54, 1.807) is 36.4 Å². The number of esters is 1. The van der Waals surface area contributed by atoms with Gasteiger partial charge in [-0.3, -0.25) is 10.2 Å². The standard InChI is InChI=1S/C27H25BrN2O7/c1-33-20-13-17-18(14-21(20)34-2)26(31)30(29-16-9-7-6-8-10-16)24(27(32)37-5)23(17)15-11-19(28)25(36-4)22(12-15)35-3/h6-14,29H,1-5H3. The Hall–Kier alpha value is -4.18. The van der Waals surface area contributed by atoms with Gasteiger partial charge in [0.2, 0.25) is 0 Å². The van der Waals surface area contributed by atoms with Crippen molar-refractivity contribution in [3.05, 3.63) is 75.1 Å². The lowest BCUT2D eigenvalue weighted by Crippen LogP contribution is -2.33. The highest BCUT2D eigenvalue weighted by molar-refractivity contribution is 9.10. The minimum Gasteiger partial charge on any atom is -0.493 e. The molecule has 0 unspecified atom stereocenters. The number of fused-ring (bicyclic) bond motifs is 1. The fourth-order valence-corrected chi connectivity index (χ4v) is 4.72. The molecule has 3 aromatic carbocycles. The fraction of sp³-hybridized carbons (Fsp3) is 0.185. The van der Waals surface area contributed by atoms with Crippen molar-refractivity contribution < 1.29 is 28.5 Å². The van der Waals surface area contributed by atoms with E-state index in [0.29, 0.717) is 49.7 Å². The molecule has 1 aromatic heterocycles. The highest BCUT2D eigenvalue weighted by Gasteiger charge is 2.27. The van der Waals surface area contributed by atoms with Gasteiger partial charge in [0.1, 0.15) is 0 Å². The zero-order valence-corrected chi connectivity index (χ0v) is 22.5. The van der Waals surface area contributed by atoms with Gasteiger partial charge in [0.15, 0.2) is 28.7 Å². The number of aromatic nitrogens is 1. The van der Waals surface area contributed by atoms with Gasteiger partial charge in [-0.15, -0.1) is 0 Å². The Morgan fingerprint density at radius 3 is 2.00 bits per heavy atom. The number of carbonyl (C=O) groups excluding carboxylic acids is 1. The average molecular weight is 569 g/mol. The molecule has 0 fully saturated rings. The molecule has 4 rings (SSSR count). The molecule has 10 heteroatoms. The minimum absolute atomic E-state index is 0.0183. The lowest BCUT2D eigenvalue weighted by atomic mass is 9.96. The average Bonchev–Trinajstić information content (AvgIpc) is 2.93. The number of para-hydroxylation sites is 1. The summed E-state index contributed by atoms with van der Waals surface area (Å²) in [5, 5.41) is 0.739. The number of nitrogens with one attached hydrogen (secondary N) is 1. The number of pyridine rings is 1. The minimum atomic E-state index is -0.724. The van der Waals surface area contributed by atoms with Crippen LogP contribution in [0.5, 0.6) is 23.0 Å². The third-order valence-corrected chi connectivity index (χ3v) is 6.39. The van der Waals surface area contributed by atoms with Crippen molar-refractivity contribution >= 4 is 38.4 Å². The van der Waals surface area contributed by atoms with Crippen molar-refractivity contribution in [1.29, 1.82) is 0 Å². The molecule has 192 valence electrons. The van der Waals surface area contributed by atoms with Crippen LogP contribution in [0.1, 0.15) is 10.5 Å². The zero-order valence-electron chi connectivity index (χ0n) is 20.9. The molecule has 4 aromatic rings. The Morgan fingerprint density at radius 1 is 0.811 bits per heavy atom. The van der Waals surface area contributed by atoms with E-state index in [4.69, 9.17) is 23.7 Å². The molecule has 0 amide bonds. The van der Waals surface area contributed by atoms with Gasteiger partial charge in [0, 0.05) is 10.9 Å². The molecule has 0 spiro atoms. The highest BCUT2D eigenvalue weighted by Crippen LogP contribution is 2.43. The molecule has 0 saturated carbocycles. The summed E-state index contributed by atoms with van der Waals surface area (Å²) in [6.07, 6.45) is 0. The molecule has 0 aliphatic rings. The van der Waals surface area contributed by atoms with E-state index in [2.05, 4.69) is 21.4 Å². The van der Waals surface area contributed by atoms with Crippen LogP contribution < -0.4 is 29.9 Å². The number of benzene rings is 3. The Bertz CT molecular complexity index is 1530. The van der Waals surface area contributed by atoms with Crippen LogP contribution in [-0.2, 0) is 4.74 Å². The number of nitrogens with zero attached hydrogens (tertiary/aromatic N) is 1. The van der Waals surface area contributed by atoms with E-state index in [9.17, 15) is 9.59 Å². The first-order valence-electron chi connectivity index (χ1n) is 11.0. The van der Waals surface area contributed by atoms with Crippen LogP contribution >= 0.6 is 15.9 Å². The van der Waals surface area contributed by atoms with Gasteiger partial charge in [-0.1, -0.05) is 18.2 Å². The van der Waals surface area contributed by atoms with Gasteiger partial charge < -0.3 is 23.7 Å². The highest BCUT2D eigenvalue weighted by atomic mass is 79.9. The number of ether oxygens (including phenoxy) is 5. The number of hydrogen-bond acceptors (Lipinski definition) is 8. The molecule has 0 aliphatic carbocycles. The summed E-state index contributed by atoms with van der Waals surface area (Å²) in [5.74, 6) is 0.928. The number of halogens is 1. The number of hydrogen-bond donors (Lipinski definition) is 1. The molecule has 0 aliphatic heterocycles. The zero-order chi connectivity index (χ0) is 26.7. The number of rotatable bonds is 8. The SMILES string of the molecule is COC(=O)c1c(-c2cc(Br)c(OC)c(OC)c2)c2cc(OC)c(OC)cc2c(=O)n1Nc1ccccc1. The maximum Gasteiger partial charge on any atom is 0.357 e. The van der Waals surface area contributed by atoms with E-state index >= 15 is 0 Å². The molecule has 37 heavy (non-hydrogen) atoms. The van der Waals surface area contributed by atoms with E-state index in [0.717, 1.165) is 0 Å². The lowest BCUT2D eigenvalue weighted by molar-refractivity contribution is 0.0590. The predicted molar refractivity (Wildman–Crippen MR) is 144 cm³/mol. The molecule has 9 nitrogen and oxygen atoms in total. The largest absolute Gasteiger partial charge is 0.493 e.